The quantitative estimate of drug-likeness (QED) is 0.864. The van der Waals surface area contributed by atoms with Crippen LogP contribution in [0, 0.1) is 29.1 Å². The predicted octanol–water partition coefficient (Wildman–Crippen LogP) is 1.75. The standard InChI is InChI=1S/C16H25NO3S/c18-15(14-1-2-21(19,20)9-14)17-10-16-6-11-3-12(7-16)5-13(4-11)8-16/h11-14H,1-10H2,(H,17,18). The van der Waals surface area contributed by atoms with Crippen LogP contribution in [-0.2, 0) is 14.6 Å². The lowest BCUT2D eigenvalue weighted by Gasteiger charge is -2.57. The average molecular weight is 311 g/mol. The van der Waals surface area contributed by atoms with Gasteiger partial charge >= 0.3 is 0 Å². The molecule has 4 saturated carbocycles. The van der Waals surface area contributed by atoms with E-state index in [2.05, 4.69) is 5.32 Å². The lowest BCUT2D eigenvalue weighted by molar-refractivity contribution is -0.126. The summed E-state index contributed by atoms with van der Waals surface area (Å²) in [7, 11) is -2.96. The van der Waals surface area contributed by atoms with Crippen molar-refractivity contribution in [2.75, 3.05) is 18.1 Å². The summed E-state index contributed by atoms with van der Waals surface area (Å²) in [6.45, 7) is 0.784. The molecule has 1 N–H and O–H groups in total. The van der Waals surface area contributed by atoms with Gasteiger partial charge in [-0.25, -0.2) is 8.42 Å². The minimum atomic E-state index is -2.96. The van der Waals surface area contributed by atoms with Crippen molar-refractivity contribution in [2.24, 2.45) is 29.1 Å². The van der Waals surface area contributed by atoms with Gasteiger partial charge in [0.2, 0.25) is 5.91 Å². The highest BCUT2D eigenvalue weighted by atomic mass is 32.2. The molecule has 1 aliphatic heterocycles. The highest BCUT2D eigenvalue weighted by Crippen LogP contribution is 2.59. The molecule has 118 valence electrons. The van der Waals surface area contributed by atoms with Crippen molar-refractivity contribution in [3.05, 3.63) is 0 Å². The maximum atomic E-state index is 12.3. The number of sulfone groups is 1. The third-order valence-electron chi connectivity index (χ3n) is 6.41. The maximum Gasteiger partial charge on any atom is 0.224 e. The highest BCUT2D eigenvalue weighted by Gasteiger charge is 2.51. The molecule has 5 fully saturated rings. The number of amides is 1. The van der Waals surface area contributed by atoms with E-state index in [0.717, 1.165) is 24.3 Å². The van der Waals surface area contributed by atoms with Crippen molar-refractivity contribution in [3.63, 3.8) is 0 Å². The van der Waals surface area contributed by atoms with Crippen molar-refractivity contribution in [1.29, 1.82) is 0 Å². The SMILES string of the molecule is O=C(NCC12CC3CC(CC(C3)C1)C2)C1CCS(=O)(=O)C1. The van der Waals surface area contributed by atoms with Gasteiger partial charge in [0.05, 0.1) is 17.4 Å². The minimum absolute atomic E-state index is 0.0215. The van der Waals surface area contributed by atoms with Gasteiger partial charge < -0.3 is 5.32 Å². The molecule has 21 heavy (non-hydrogen) atoms. The van der Waals surface area contributed by atoms with Gasteiger partial charge in [-0.05, 0) is 68.1 Å². The Hall–Kier alpha value is -0.580. The smallest absolute Gasteiger partial charge is 0.224 e. The lowest BCUT2D eigenvalue weighted by Crippen LogP contribution is -2.51. The monoisotopic (exact) mass is 311 g/mol. The summed E-state index contributed by atoms with van der Waals surface area (Å²) in [6.07, 6.45) is 8.58. The Morgan fingerprint density at radius 2 is 1.62 bits per heavy atom. The van der Waals surface area contributed by atoms with E-state index in [1.165, 1.54) is 38.5 Å². The van der Waals surface area contributed by atoms with Gasteiger partial charge in [-0.1, -0.05) is 0 Å². The van der Waals surface area contributed by atoms with Crippen molar-refractivity contribution >= 4 is 15.7 Å². The first-order chi connectivity index (χ1) is 9.93. The van der Waals surface area contributed by atoms with Gasteiger partial charge in [-0.2, -0.15) is 0 Å². The fourth-order valence-corrected chi connectivity index (χ4v) is 7.67. The van der Waals surface area contributed by atoms with Crippen LogP contribution in [0.1, 0.15) is 44.9 Å². The zero-order chi connectivity index (χ0) is 14.7. The summed E-state index contributed by atoms with van der Waals surface area (Å²) in [6, 6.07) is 0. The molecule has 5 aliphatic rings. The van der Waals surface area contributed by atoms with Crippen molar-refractivity contribution in [1.82, 2.24) is 5.32 Å². The number of carbonyl (C=O) groups excluding carboxylic acids is 1. The molecule has 0 spiro atoms. The summed E-state index contributed by atoms with van der Waals surface area (Å²) in [5.74, 6) is 2.58. The molecule has 0 aromatic carbocycles. The Labute approximate surface area is 127 Å². The largest absolute Gasteiger partial charge is 0.355 e. The van der Waals surface area contributed by atoms with Crippen LogP contribution < -0.4 is 5.32 Å². The topological polar surface area (TPSA) is 63.2 Å². The second-order valence-electron chi connectivity index (χ2n) is 8.24. The summed E-state index contributed by atoms with van der Waals surface area (Å²) in [5.41, 5.74) is 0.335. The molecule has 0 radical (unpaired) electrons. The van der Waals surface area contributed by atoms with Crippen LogP contribution in [0.2, 0.25) is 0 Å². The van der Waals surface area contributed by atoms with Crippen LogP contribution in [0.4, 0.5) is 0 Å². The molecule has 5 heteroatoms. The van der Waals surface area contributed by atoms with E-state index in [-0.39, 0.29) is 23.3 Å². The van der Waals surface area contributed by atoms with Crippen LogP contribution in [0.25, 0.3) is 0 Å². The molecular weight excluding hydrogens is 286 g/mol. The molecule has 1 amide bonds. The number of rotatable bonds is 3. The molecule has 1 heterocycles. The van der Waals surface area contributed by atoms with Crippen molar-refractivity contribution < 1.29 is 13.2 Å². The maximum absolute atomic E-state index is 12.3. The van der Waals surface area contributed by atoms with Gasteiger partial charge in [0, 0.05) is 6.54 Å². The molecule has 4 aliphatic carbocycles. The van der Waals surface area contributed by atoms with E-state index in [0.29, 0.717) is 11.8 Å². The number of hydrogen-bond acceptors (Lipinski definition) is 3. The van der Waals surface area contributed by atoms with Crippen LogP contribution >= 0.6 is 0 Å². The van der Waals surface area contributed by atoms with E-state index in [9.17, 15) is 13.2 Å². The second-order valence-corrected chi connectivity index (χ2v) is 10.5. The summed E-state index contributed by atoms with van der Waals surface area (Å²) >= 11 is 0. The second kappa shape index (κ2) is 4.71. The summed E-state index contributed by atoms with van der Waals surface area (Å²) in [5, 5.41) is 3.12. The summed E-state index contributed by atoms with van der Waals surface area (Å²) in [4.78, 5) is 12.3. The van der Waals surface area contributed by atoms with Crippen LogP contribution in [-0.4, -0.2) is 32.4 Å². The molecule has 4 nitrogen and oxygen atoms in total. The van der Waals surface area contributed by atoms with Crippen LogP contribution in [0.3, 0.4) is 0 Å². The third-order valence-corrected chi connectivity index (χ3v) is 8.17. The van der Waals surface area contributed by atoms with E-state index < -0.39 is 9.84 Å². The highest BCUT2D eigenvalue weighted by molar-refractivity contribution is 7.91. The molecule has 1 unspecified atom stereocenters. The number of nitrogens with one attached hydrogen (secondary N) is 1. The normalized spacial score (nSPS) is 46.7. The summed E-state index contributed by atoms with van der Waals surface area (Å²) < 4.78 is 23.0. The molecule has 1 atom stereocenters. The Bertz CT molecular complexity index is 519. The first kappa shape index (κ1) is 14.0. The Morgan fingerprint density at radius 1 is 1.05 bits per heavy atom. The van der Waals surface area contributed by atoms with Crippen molar-refractivity contribution in [3.8, 4) is 0 Å². The molecule has 0 aromatic rings. The fourth-order valence-electron chi connectivity index (χ4n) is 5.93. The van der Waals surface area contributed by atoms with Gasteiger partial charge in [-0.3, -0.25) is 4.79 Å². The Balaban J connectivity index is 1.38. The first-order valence-electron chi connectivity index (χ1n) is 8.41. The lowest BCUT2D eigenvalue weighted by atomic mass is 9.49. The Kier molecular flexibility index (Phi) is 3.15. The first-order valence-corrected chi connectivity index (χ1v) is 10.2. The third kappa shape index (κ3) is 2.62. The van der Waals surface area contributed by atoms with Crippen molar-refractivity contribution in [2.45, 2.75) is 44.9 Å². The van der Waals surface area contributed by atoms with E-state index in [1.54, 1.807) is 0 Å². The van der Waals surface area contributed by atoms with E-state index in [4.69, 9.17) is 0 Å². The zero-order valence-electron chi connectivity index (χ0n) is 12.5. The average Bonchev–Trinajstić information content (AvgIpc) is 2.75. The van der Waals surface area contributed by atoms with Crippen LogP contribution in [0.5, 0.6) is 0 Å². The molecule has 5 rings (SSSR count). The van der Waals surface area contributed by atoms with Gasteiger partial charge in [0.1, 0.15) is 0 Å². The molecular formula is C16H25NO3S. The van der Waals surface area contributed by atoms with Gasteiger partial charge in [0.15, 0.2) is 9.84 Å². The van der Waals surface area contributed by atoms with Crippen LogP contribution in [0.15, 0.2) is 0 Å². The van der Waals surface area contributed by atoms with E-state index in [1.807, 2.05) is 0 Å². The fraction of sp³-hybridized carbons (Fsp3) is 0.938. The predicted molar refractivity (Wildman–Crippen MR) is 80.4 cm³/mol. The molecule has 0 aromatic heterocycles. The molecule has 1 saturated heterocycles. The molecule has 4 bridgehead atoms. The number of hydrogen-bond donors (Lipinski definition) is 1. The van der Waals surface area contributed by atoms with Gasteiger partial charge in [0.25, 0.3) is 0 Å². The van der Waals surface area contributed by atoms with Gasteiger partial charge in [-0.15, -0.1) is 0 Å². The Morgan fingerprint density at radius 3 is 2.10 bits per heavy atom. The van der Waals surface area contributed by atoms with E-state index >= 15 is 0 Å². The minimum Gasteiger partial charge on any atom is -0.355 e. The number of carbonyl (C=O) groups is 1. The zero-order valence-corrected chi connectivity index (χ0v) is 13.3.